The summed E-state index contributed by atoms with van der Waals surface area (Å²) >= 11 is 12.5. The minimum absolute atomic E-state index is 0.0416. The molecule has 0 spiro atoms. The van der Waals surface area contributed by atoms with Gasteiger partial charge in [-0.15, -0.1) is 0 Å². The van der Waals surface area contributed by atoms with Crippen molar-refractivity contribution in [2.45, 2.75) is 32.6 Å². The molecule has 132 valence electrons. The highest BCUT2D eigenvalue weighted by molar-refractivity contribution is 6.42. The largest absolute Gasteiger partial charge is 0.463 e. The zero-order valence-electron chi connectivity index (χ0n) is 13.9. The zero-order valence-corrected chi connectivity index (χ0v) is 15.4. The van der Waals surface area contributed by atoms with Gasteiger partial charge in [-0.25, -0.2) is 4.79 Å². The molecule has 0 fully saturated rings. The first kappa shape index (κ1) is 19.2. The van der Waals surface area contributed by atoms with Crippen LogP contribution in [0.1, 0.15) is 38.2 Å². The van der Waals surface area contributed by atoms with Gasteiger partial charge in [0, 0.05) is 6.42 Å². The van der Waals surface area contributed by atoms with E-state index in [1.54, 1.807) is 25.1 Å². The number of carbonyl (C=O) groups excluding carboxylic acids is 1. The van der Waals surface area contributed by atoms with Crippen molar-refractivity contribution in [1.82, 2.24) is 0 Å². The highest BCUT2D eigenvalue weighted by Gasteiger charge is 2.38. The summed E-state index contributed by atoms with van der Waals surface area (Å²) in [6.45, 7) is 3.84. The van der Waals surface area contributed by atoms with Crippen LogP contribution in [0, 0.1) is 11.3 Å². The van der Waals surface area contributed by atoms with Gasteiger partial charge >= 0.3 is 5.97 Å². The van der Waals surface area contributed by atoms with Crippen LogP contribution in [0.2, 0.25) is 10.0 Å². The SMILES string of the molecule is CCCC1=C(C(=O)OCC)[C@@H](c2cccc(Cl)c2Cl)C(C#N)=C(N)O1. The summed E-state index contributed by atoms with van der Waals surface area (Å²) in [6, 6.07) is 7.06. The number of ether oxygens (including phenoxy) is 2. The second kappa shape index (κ2) is 8.28. The number of halogens is 2. The summed E-state index contributed by atoms with van der Waals surface area (Å²) in [5.41, 5.74) is 6.78. The molecule has 0 aliphatic carbocycles. The molecule has 0 amide bonds. The molecule has 0 saturated heterocycles. The fraction of sp³-hybridized carbons (Fsp3) is 0.333. The molecule has 0 aromatic heterocycles. The molecule has 25 heavy (non-hydrogen) atoms. The number of nitriles is 1. The van der Waals surface area contributed by atoms with Crippen molar-refractivity contribution in [2.24, 2.45) is 5.73 Å². The van der Waals surface area contributed by atoms with Gasteiger partial charge in [0.25, 0.3) is 0 Å². The fourth-order valence-electron chi connectivity index (χ4n) is 2.72. The van der Waals surface area contributed by atoms with Gasteiger partial charge in [0.2, 0.25) is 5.88 Å². The van der Waals surface area contributed by atoms with Crippen LogP contribution in [-0.4, -0.2) is 12.6 Å². The number of carbonyl (C=O) groups is 1. The fourth-order valence-corrected chi connectivity index (χ4v) is 3.13. The molecule has 7 heteroatoms. The predicted molar refractivity (Wildman–Crippen MR) is 95.7 cm³/mol. The normalized spacial score (nSPS) is 17.2. The molecule has 1 aromatic carbocycles. The summed E-state index contributed by atoms with van der Waals surface area (Å²) in [7, 11) is 0. The Bertz CT molecular complexity index is 794. The molecular formula is C18H18Cl2N2O3. The summed E-state index contributed by atoms with van der Waals surface area (Å²) in [4.78, 5) is 12.6. The standard InChI is InChI=1S/C18H18Cl2N2O3/c1-3-6-13-15(18(23)24-4-2)14(11(9-21)17(22)25-13)10-7-5-8-12(19)16(10)20/h5,7-8,14H,3-4,6,22H2,1-2H3/t14-/m0/s1. The lowest BCUT2D eigenvalue weighted by Gasteiger charge is -2.28. The topological polar surface area (TPSA) is 85.3 Å². The molecule has 0 saturated carbocycles. The van der Waals surface area contributed by atoms with Gasteiger partial charge in [-0.05, 0) is 25.0 Å². The van der Waals surface area contributed by atoms with E-state index in [4.69, 9.17) is 38.4 Å². The third-order valence-electron chi connectivity index (χ3n) is 3.76. The Morgan fingerprint density at radius 2 is 2.12 bits per heavy atom. The van der Waals surface area contributed by atoms with E-state index in [-0.39, 0.29) is 28.7 Å². The molecule has 2 N–H and O–H groups in total. The van der Waals surface area contributed by atoms with Crippen molar-refractivity contribution >= 4 is 29.2 Å². The lowest BCUT2D eigenvalue weighted by Crippen LogP contribution is -2.26. The number of benzene rings is 1. The molecule has 1 heterocycles. The van der Waals surface area contributed by atoms with Gasteiger partial charge in [-0.3, -0.25) is 0 Å². The number of nitrogens with two attached hydrogens (primary N) is 1. The third-order valence-corrected chi connectivity index (χ3v) is 4.60. The van der Waals surface area contributed by atoms with Gasteiger partial charge in [-0.1, -0.05) is 42.3 Å². The molecule has 1 aliphatic heterocycles. The van der Waals surface area contributed by atoms with E-state index in [0.29, 0.717) is 22.8 Å². The van der Waals surface area contributed by atoms with Crippen LogP contribution < -0.4 is 5.73 Å². The van der Waals surface area contributed by atoms with Crippen molar-refractivity contribution in [2.75, 3.05) is 6.61 Å². The molecule has 1 aromatic rings. The van der Waals surface area contributed by atoms with Gasteiger partial charge in [0.05, 0.1) is 28.1 Å². The molecule has 0 bridgehead atoms. The van der Waals surface area contributed by atoms with E-state index in [1.807, 2.05) is 13.0 Å². The maximum Gasteiger partial charge on any atom is 0.338 e. The number of nitrogens with zero attached hydrogens (tertiary/aromatic N) is 1. The summed E-state index contributed by atoms with van der Waals surface area (Å²) < 4.78 is 10.8. The second-order valence-corrected chi connectivity index (χ2v) is 6.16. The van der Waals surface area contributed by atoms with Crippen LogP contribution in [0.3, 0.4) is 0 Å². The maximum atomic E-state index is 12.6. The van der Waals surface area contributed by atoms with Crippen molar-refractivity contribution in [1.29, 1.82) is 5.26 Å². The number of allylic oxidation sites excluding steroid dienone is 2. The molecule has 0 radical (unpaired) electrons. The Morgan fingerprint density at radius 1 is 1.40 bits per heavy atom. The van der Waals surface area contributed by atoms with E-state index < -0.39 is 11.9 Å². The minimum atomic E-state index is -0.787. The third kappa shape index (κ3) is 3.76. The molecule has 2 rings (SSSR count). The smallest absolute Gasteiger partial charge is 0.338 e. The highest BCUT2D eigenvalue weighted by Crippen LogP contribution is 2.44. The molecule has 1 aliphatic rings. The van der Waals surface area contributed by atoms with Crippen LogP contribution in [0.25, 0.3) is 0 Å². The van der Waals surface area contributed by atoms with E-state index in [1.165, 1.54) is 0 Å². The van der Waals surface area contributed by atoms with Crippen LogP contribution in [-0.2, 0) is 14.3 Å². The Hall–Kier alpha value is -2.16. The zero-order chi connectivity index (χ0) is 18.6. The van der Waals surface area contributed by atoms with Gasteiger partial charge in [0.15, 0.2) is 0 Å². The van der Waals surface area contributed by atoms with Crippen LogP contribution in [0.4, 0.5) is 0 Å². The van der Waals surface area contributed by atoms with Crippen LogP contribution in [0.15, 0.2) is 41.0 Å². The number of hydrogen-bond donors (Lipinski definition) is 1. The summed E-state index contributed by atoms with van der Waals surface area (Å²) in [6.07, 6.45) is 1.20. The predicted octanol–water partition coefficient (Wildman–Crippen LogP) is 4.42. The van der Waals surface area contributed by atoms with E-state index >= 15 is 0 Å². The van der Waals surface area contributed by atoms with Gasteiger partial charge < -0.3 is 15.2 Å². The first-order valence-electron chi connectivity index (χ1n) is 7.87. The summed E-state index contributed by atoms with van der Waals surface area (Å²) in [5.74, 6) is -1.00. The maximum absolute atomic E-state index is 12.6. The average molecular weight is 381 g/mol. The van der Waals surface area contributed by atoms with Crippen molar-refractivity contribution in [3.63, 3.8) is 0 Å². The van der Waals surface area contributed by atoms with Crippen molar-refractivity contribution in [3.05, 3.63) is 56.6 Å². The lowest BCUT2D eigenvalue weighted by atomic mass is 9.82. The van der Waals surface area contributed by atoms with Gasteiger partial charge in [0.1, 0.15) is 17.4 Å². The van der Waals surface area contributed by atoms with Crippen LogP contribution >= 0.6 is 23.2 Å². The number of esters is 1. The molecule has 1 atom stereocenters. The quantitative estimate of drug-likeness (QED) is 0.764. The number of hydrogen-bond acceptors (Lipinski definition) is 5. The average Bonchev–Trinajstić information content (AvgIpc) is 2.57. The Morgan fingerprint density at radius 3 is 2.72 bits per heavy atom. The Balaban J connectivity index is 2.73. The summed E-state index contributed by atoms with van der Waals surface area (Å²) in [5, 5.41) is 10.2. The highest BCUT2D eigenvalue weighted by atomic mass is 35.5. The molecule has 5 nitrogen and oxygen atoms in total. The Labute approximate surface area is 156 Å². The lowest BCUT2D eigenvalue weighted by molar-refractivity contribution is -0.139. The van der Waals surface area contributed by atoms with E-state index in [9.17, 15) is 10.1 Å². The van der Waals surface area contributed by atoms with Gasteiger partial charge in [-0.2, -0.15) is 5.26 Å². The minimum Gasteiger partial charge on any atom is -0.463 e. The molecule has 0 unspecified atom stereocenters. The van der Waals surface area contributed by atoms with Crippen molar-refractivity contribution < 1.29 is 14.3 Å². The molecular weight excluding hydrogens is 363 g/mol. The van der Waals surface area contributed by atoms with Crippen LogP contribution in [0.5, 0.6) is 0 Å². The first-order chi connectivity index (χ1) is 12.0. The van der Waals surface area contributed by atoms with Crippen molar-refractivity contribution in [3.8, 4) is 6.07 Å². The second-order valence-electron chi connectivity index (χ2n) is 5.38. The van der Waals surface area contributed by atoms with E-state index in [2.05, 4.69) is 0 Å². The number of rotatable bonds is 5. The Kier molecular flexibility index (Phi) is 6.35. The first-order valence-corrected chi connectivity index (χ1v) is 8.63. The van der Waals surface area contributed by atoms with E-state index in [0.717, 1.165) is 6.42 Å². The monoisotopic (exact) mass is 380 g/mol.